The number of hydrogen-bond acceptors (Lipinski definition) is 2. The third-order valence-corrected chi connectivity index (χ3v) is 3.67. The van der Waals surface area contributed by atoms with Crippen LogP contribution in [0.1, 0.15) is 29.3 Å². The van der Waals surface area contributed by atoms with Crippen LogP contribution in [0.2, 0.25) is 0 Å². The van der Waals surface area contributed by atoms with Crippen LogP contribution in [0.4, 0.5) is 0 Å². The van der Waals surface area contributed by atoms with E-state index >= 15 is 0 Å². The van der Waals surface area contributed by atoms with E-state index in [1.165, 1.54) is 0 Å². The number of nitrogens with one attached hydrogen (secondary N) is 1. The fourth-order valence-electron chi connectivity index (χ4n) is 2.21. The zero-order valence-electron chi connectivity index (χ0n) is 11.6. The summed E-state index contributed by atoms with van der Waals surface area (Å²) in [4.78, 5) is 25.2. The fraction of sp³-hybridized carbons (Fsp3) is 0.467. The van der Waals surface area contributed by atoms with Crippen molar-refractivity contribution in [1.29, 1.82) is 0 Å². The predicted molar refractivity (Wildman–Crippen MR) is 73.6 cm³/mol. The molecule has 2 rings (SSSR count). The standard InChI is InChI=1S/C15H20N2O2/c1-10-8-13(10)15(19)17(3)9-11-4-6-12(7-5-11)14(18)16-2/h4-7,10,13H,8-9H2,1-3H3,(H,16,18)/t10-,13-/m1/s1. The van der Waals surface area contributed by atoms with Gasteiger partial charge in [0, 0.05) is 32.1 Å². The Morgan fingerprint density at radius 1 is 1.32 bits per heavy atom. The average molecular weight is 260 g/mol. The molecule has 1 saturated carbocycles. The minimum absolute atomic E-state index is 0.0946. The molecule has 2 atom stereocenters. The summed E-state index contributed by atoms with van der Waals surface area (Å²) in [6.07, 6.45) is 1.01. The molecule has 1 fully saturated rings. The summed E-state index contributed by atoms with van der Waals surface area (Å²) in [7, 11) is 3.44. The van der Waals surface area contributed by atoms with Crippen molar-refractivity contribution in [2.75, 3.05) is 14.1 Å². The average Bonchev–Trinajstić information content (AvgIpc) is 3.14. The van der Waals surface area contributed by atoms with Gasteiger partial charge in [-0.25, -0.2) is 0 Å². The van der Waals surface area contributed by atoms with Crippen LogP contribution >= 0.6 is 0 Å². The van der Waals surface area contributed by atoms with Crippen LogP contribution < -0.4 is 5.32 Å². The van der Waals surface area contributed by atoms with Crippen LogP contribution in [-0.4, -0.2) is 30.8 Å². The Bertz CT molecular complexity index is 481. The Morgan fingerprint density at radius 3 is 2.37 bits per heavy atom. The van der Waals surface area contributed by atoms with Crippen molar-refractivity contribution in [1.82, 2.24) is 10.2 Å². The first kappa shape index (κ1) is 13.6. The highest BCUT2D eigenvalue weighted by Crippen LogP contribution is 2.39. The second-order valence-corrected chi connectivity index (χ2v) is 5.29. The second-order valence-electron chi connectivity index (χ2n) is 5.29. The van der Waals surface area contributed by atoms with Crippen molar-refractivity contribution in [3.05, 3.63) is 35.4 Å². The van der Waals surface area contributed by atoms with Gasteiger partial charge in [-0.05, 0) is 30.0 Å². The van der Waals surface area contributed by atoms with Gasteiger partial charge in [0.15, 0.2) is 0 Å². The first-order valence-electron chi connectivity index (χ1n) is 6.59. The summed E-state index contributed by atoms with van der Waals surface area (Å²) in [6, 6.07) is 7.35. The number of carbonyl (C=O) groups excluding carboxylic acids is 2. The molecule has 0 heterocycles. The van der Waals surface area contributed by atoms with E-state index in [4.69, 9.17) is 0 Å². The maximum Gasteiger partial charge on any atom is 0.251 e. The van der Waals surface area contributed by atoms with Crippen molar-refractivity contribution in [2.45, 2.75) is 19.9 Å². The van der Waals surface area contributed by atoms with E-state index in [1.807, 2.05) is 19.2 Å². The quantitative estimate of drug-likeness (QED) is 0.895. The lowest BCUT2D eigenvalue weighted by Gasteiger charge is -2.17. The lowest BCUT2D eigenvalue weighted by molar-refractivity contribution is -0.132. The van der Waals surface area contributed by atoms with Crippen LogP contribution in [0.5, 0.6) is 0 Å². The Hall–Kier alpha value is -1.84. The van der Waals surface area contributed by atoms with E-state index in [9.17, 15) is 9.59 Å². The lowest BCUT2D eigenvalue weighted by atomic mass is 10.1. The van der Waals surface area contributed by atoms with Crippen LogP contribution in [-0.2, 0) is 11.3 Å². The molecule has 0 aromatic heterocycles. The van der Waals surface area contributed by atoms with Gasteiger partial charge >= 0.3 is 0 Å². The van der Waals surface area contributed by atoms with E-state index in [0.717, 1.165) is 12.0 Å². The second kappa shape index (κ2) is 5.43. The first-order valence-corrected chi connectivity index (χ1v) is 6.59. The minimum atomic E-state index is -0.0946. The van der Waals surface area contributed by atoms with Gasteiger partial charge in [-0.3, -0.25) is 9.59 Å². The van der Waals surface area contributed by atoms with E-state index in [2.05, 4.69) is 12.2 Å². The van der Waals surface area contributed by atoms with E-state index < -0.39 is 0 Å². The van der Waals surface area contributed by atoms with Gasteiger partial charge < -0.3 is 10.2 Å². The predicted octanol–water partition coefficient (Wildman–Crippen LogP) is 1.66. The van der Waals surface area contributed by atoms with Crippen molar-refractivity contribution < 1.29 is 9.59 Å². The van der Waals surface area contributed by atoms with Gasteiger partial charge in [0.1, 0.15) is 0 Å². The van der Waals surface area contributed by atoms with E-state index in [1.54, 1.807) is 24.1 Å². The normalized spacial score (nSPS) is 20.8. The molecule has 0 unspecified atom stereocenters. The fourth-order valence-corrected chi connectivity index (χ4v) is 2.21. The molecule has 1 aromatic carbocycles. The molecule has 0 aliphatic heterocycles. The summed E-state index contributed by atoms with van der Waals surface area (Å²) in [5.74, 6) is 0.881. The third kappa shape index (κ3) is 3.13. The number of carbonyl (C=O) groups is 2. The van der Waals surface area contributed by atoms with Gasteiger partial charge in [-0.15, -0.1) is 0 Å². The van der Waals surface area contributed by atoms with Gasteiger partial charge in [-0.1, -0.05) is 19.1 Å². The largest absolute Gasteiger partial charge is 0.355 e. The molecule has 1 N–H and O–H groups in total. The number of benzene rings is 1. The molecule has 1 aliphatic carbocycles. The van der Waals surface area contributed by atoms with Gasteiger partial charge in [0.25, 0.3) is 5.91 Å². The van der Waals surface area contributed by atoms with E-state index in [-0.39, 0.29) is 17.7 Å². The van der Waals surface area contributed by atoms with Gasteiger partial charge in [0.2, 0.25) is 5.91 Å². The number of amides is 2. The van der Waals surface area contributed by atoms with Crippen LogP contribution in [0.15, 0.2) is 24.3 Å². The molecule has 19 heavy (non-hydrogen) atoms. The molecule has 102 valence electrons. The summed E-state index contributed by atoms with van der Waals surface area (Å²) in [6.45, 7) is 2.70. The smallest absolute Gasteiger partial charge is 0.251 e. The third-order valence-electron chi connectivity index (χ3n) is 3.67. The Kier molecular flexibility index (Phi) is 3.88. The summed E-state index contributed by atoms with van der Waals surface area (Å²) >= 11 is 0. The molecule has 1 aromatic rings. The van der Waals surface area contributed by atoms with Crippen molar-refractivity contribution in [2.24, 2.45) is 11.8 Å². The Morgan fingerprint density at radius 2 is 1.89 bits per heavy atom. The van der Waals surface area contributed by atoms with Crippen LogP contribution in [0, 0.1) is 11.8 Å². The lowest BCUT2D eigenvalue weighted by Crippen LogP contribution is -2.28. The molecule has 2 amide bonds. The Labute approximate surface area is 113 Å². The summed E-state index contributed by atoms with van der Waals surface area (Å²) < 4.78 is 0. The van der Waals surface area contributed by atoms with Gasteiger partial charge in [0.05, 0.1) is 0 Å². The summed E-state index contributed by atoms with van der Waals surface area (Å²) in [5.41, 5.74) is 1.67. The van der Waals surface area contributed by atoms with Gasteiger partial charge in [-0.2, -0.15) is 0 Å². The highest BCUT2D eigenvalue weighted by molar-refractivity contribution is 5.93. The molecular formula is C15H20N2O2. The Balaban J connectivity index is 1.95. The monoisotopic (exact) mass is 260 g/mol. The molecule has 1 aliphatic rings. The van der Waals surface area contributed by atoms with Crippen LogP contribution in [0.3, 0.4) is 0 Å². The summed E-state index contributed by atoms with van der Waals surface area (Å²) in [5, 5.41) is 2.58. The number of hydrogen-bond donors (Lipinski definition) is 1. The topological polar surface area (TPSA) is 49.4 Å². The van der Waals surface area contributed by atoms with Crippen molar-refractivity contribution in [3.8, 4) is 0 Å². The van der Waals surface area contributed by atoms with Crippen molar-refractivity contribution in [3.63, 3.8) is 0 Å². The SMILES string of the molecule is CNC(=O)c1ccc(CN(C)C(=O)[C@@H]2C[C@H]2C)cc1. The molecule has 0 radical (unpaired) electrons. The zero-order valence-corrected chi connectivity index (χ0v) is 11.6. The molecule has 0 saturated heterocycles. The van der Waals surface area contributed by atoms with E-state index in [0.29, 0.717) is 18.0 Å². The molecular weight excluding hydrogens is 240 g/mol. The highest BCUT2D eigenvalue weighted by Gasteiger charge is 2.40. The van der Waals surface area contributed by atoms with Crippen LogP contribution in [0.25, 0.3) is 0 Å². The number of rotatable bonds is 4. The number of nitrogens with zero attached hydrogens (tertiary/aromatic N) is 1. The molecule has 0 spiro atoms. The highest BCUT2D eigenvalue weighted by atomic mass is 16.2. The molecule has 0 bridgehead atoms. The minimum Gasteiger partial charge on any atom is -0.355 e. The van der Waals surface area contributed by atoms with Crippen molar-refractivity contribution >= 4 is 11.8 Å². The first-order chi connectivity index (χ1) is 9.02. The zero-order chi connectivity index (χ0) is 14.0. The molecule has 4 nitrogen and oxygen atoms in total. The molecule has 4 heteroatoms. The maximum absolute atomic E-state index is 12.0. The maximum atomic E-state index is 12.0.